The van der Waals surface area contributed by atoms with E-state index in [2.05, 4.69) is 15.9 Å². The Kier molecular flexibility index (Phi) is 6.16. The van der Waals surface area contributed by atoms with E-state index in [1.807, 2.05) is 11.8 Å². The maximum atomic E-state index is 12.4. The average Bonchev–Trinajstić information content (AvgIpc) is 3.35. The summed E-state index contributed by atoms with van der Waals surface area (Å²) in [4.78, 5) is 30.9. The third-order valence-electron chi connectivity index (χ3n) is 7.45. The zero-order chi connectivity index (χ0) is 20.4. The van der Waals surface area contributed by atoms with E-state index < -0.39 is 0 Å². The summed E-state index contributed by atoms with van der Waals surface area (Å²) in [6, 6.07) is 0.936. The molecule has 29 heavy (non-hydrogen) atoms. The number of rotatable bonds is 5. The third kappa shape index (κ3) is 4.17. The standard InChI is InChI=1S/C22H36N4O3/c1-2-29-21(28)25-13-8-22(16-25)14-18(15-22)24-11-6-17(7-12-24)19-4-3-10-26(19)20(27)5-9-23/h6,18-19H,2-5,7-16,23H2,1H3/t18?,19-,22?/m0/s1. The van der Waals surface area contributed by atoms with Crippen molar-refractivity contribution in [2.24, 2.45) is 11.1 Å². The average molecular weight is 405 g/mol. The number of ether oxygens (including phenoxy) is 1. The number of carbonyl (C=O) groups excluding carboxylic acids is 2. The van der Waals surface area contributed by atoms with Gasteiger partial charge in [-0.3, -0.25) is 9.69 Å². The van der Waals surface area contributed by atoms with Gasteiger partial charge in [-0.15, -0.1) is 0 Å². The first-order valence-electron chi connectivity index (χ1n) is 11.4. The predicted octanol–water partition coefficient (Wildman–Crippen LogP) is 1.97. The van der Waals surface area contributed by atoms with E-state index in [1.54, 1.807) is 0 Å². The molecular formula is C22H36N4O3. The highest BCUT2D eigenvalue weighted by Crippen LogP contribution is 2.50. The number of hydrogen-bond acceptors (Lipinski definition) is 5. The second-order valence-corrected chi connectivity index (χ2v) is 9.24. The molecule has 2 amide bonds. The predicted molar refractivity (Wildman–Crippen MR) is 111 cm³/mol. The topological polar surface area (TPSA) is 79.1 Å². The second kappa shape index (κ2) is 8.64. The molecule has 3 heterocycles. The van der Waals surface area contributed by atoms with Crippen LogP contribution in [-0.2, 0) is 9.53 Å². The van der Waals surface area contributed by atoms with Gasteiger partial charge in [0.05, 0.1) is 12.6 Å². The van der Waals surface area contributed by atoms with Crippen LogP contribution in [0.25, 0.3) is 0 Å². The summed E-state index contributed by atoms with van der Waals surface area (Å²) >= 11 is 0. The first-order chi connectivity index (χ1) is 14.0. The van der Waals surface area contributed by atoms with Crippen LogP contribution in [0.15, 0.2) is 11.6 Å². The molecule has 162 valence electrons. The number of likely N-dealkylation sites (tertiary alicyclic amines) is 2. The Hall–Kier alpha value is -1.60. The molecule has 2 saturated heterocycles. The molecular weight excluding hydrogens is 368 g/mol. The van der Waals surface area contributed by atoms with Crippen LogP contribution in [0.3, 0.4) is 0 Å². The Bertz CT molecular complexity index is 658. The number of nitrogens with zero attached hydrogens (tertiary/aromatic N) is 3. The molecule has 0 aromatic carbocycles. The van der Waals surface area contributed by atoms with Crippen LogP contribution in [0.2, 0.25) is 0 Å². The van der Waals surface area contributed by atoms with Crippen molar-refractivity contribution in [1.29, 1.82) is 0 Å². The van der Waals surface area contributed by atoms with Crippen LogP contribution in [0.1, 0.15) is 51.9 Å². The number of nitrogens with two attached hydrogens (primary N) is 1. The van der Waals surface area contributed by atoms with Crippen LogP contribution >= 0.6 is 0 Å². The van der Waals surface area contributed by atoms with Crippen molar-refractivity contribution in [2.75, 3.05) is 45.9 Å². The molecule has 0 radical (unpaired) electrons. The van der Waals surface area contributed by atoms with E-state index in [0.29, 0.717) is 37.1 Å². The zero-order valence-corrected chi connectivity index (χ0v) is 17.8. The van der Waals surface area contributed by atoms with Crippen molar-refractivity contribution < 1.29 is 14.3 Å². The Labute approximate surface area is 174 Å². The molecule has 3 aliphatic heterocycles. The lowest BCUT2D eigenvalue weighted by molar-refractivity contribution is -0.131. The van der Waals surface area contributed by atoms with Crippen molar-refractivity contribution in [1.82, 2.24) is 14.7 Å². The van der Waals surface area contributed by atoms with Crippen molar-refractivity contribution in [3.63, 3.8) is 0 Å². The summed E-state index contributed by atoms with van der Waals surface area (Å²) < 4.78 is 5.17. The highest BCUT2D eigenvalue weighted by molar-refractivity contribution is 5.77. The summed E-state index contributed by atoms with van der Waals surface area (Å²) in [6.07, 6.45) is 9.45. The molecule has 0 bridgehead atoms. The molecule has 3 fully saturated rings. The van der Waals surface area contributed by atoms with Crippen molar-refractivity contribution in [3.8, 4) is 0 Å². The minimum absolute atomic E-state index is 0.149. The van der Waals surface area contributed by atoms with E-state index >= 15 is 0 Å². The fourth-order valence-electron chi connectivity index (χ4n) is 5.89. The van der Waals surface area contributed by atoms with Gasteiger partial charge in [-0.25, -0.2) is 4.79 Å². The van der Waals surface area contributed by atoms with Crippen LogP contribution in [-0.4, -0.2) is 84.7 Å². The monoisotopic (exact) mass is 404 g/mol. The van der Waals surface area contributed by atoms with Gasteiger partial charge in [-0.05, 0) is 56.4 Å². The quantitative estimate of drug-likeness (QED) is 0.709. The summed E-state index contributed by atoms with van der Waals surface area (Å²) in [6.45, 7) is 7.40. The van der Waals surface area contributed by atoms with E-state index in [0.717, 1.165) is 58.4 Å². The van der Waals surface area contributed by atoms with E-state index in [9.17, 15) is 9.59 Å². The van der Waals surface area contributed by atoms with Gasteiger partial charge in [0, 0.05) is 51.7 Å². The summed E-state index contributed by atoms with van der Waals surface area (Å²) in [5.74, 6) is 0.214. The van der Waals surface area contributed by atoms with E-state index in [4.69, 9.17) is 10.5 Å². The van der Waals surface area contributed by atoms with Gasteiger partial charge < -0.3 is 20.3 Å². The molecule has 4 aliphatic rings. The van der Waals surface area contributed by atoms with Crippen LogP contribution in [0.4, 0.5) is 4.79 Å². The molecule has 1 spiro atoms. The molecule has 7 nitrogen and oxygen atoms in total. The van der Waals surface area contributed by atoms with Crippen LogP contribution < -0.4 is 5.73 Å². The van der Waals surface area contributed by atoms with Gasteiger partial charge in [-0.1, -0.05) is 6.08 Å². The number of carbonyl (C=O) groups is 2. The molecule has 1 aliphatic carbocycles. The number of amides is 2. The van der Waals surface area contributed by atoms with Gasteiger partial charge in [0.15, 0.2) is 0 Å². The minimum atomic E-state index is -0.149. The highest BCUT2D eigenvalue weighted by Gasteiger charge is 2.51. The smallest absolute Gasteiger partial charge is 0.409 e. The summed E-state index contributed by atoms with van der Waals surface area (Å²) in [5, 5.41) is 0. The van der Waals surface area contributed by atoms with Gasteiger partial charge in [-0.2, -0.15) is 0 Å². The molecule has 0 aromatic heterocycles. The van der Waals surface area contributed by atoms with Gasteiger partial charge >= 0.3 is 6.09 Å². The van der Waals surface area contributed by atoms with Crippen molar-refractivity contribution in [2.45, 2.75) is 64.0 Å². The minimum Gasteiger partial charge on any atom is -0.450 e. The fraction of sp³-hybridized carbons (Fsp3) is 0.818. The van der Waals surface area contributed by atoms with Crippen LogP contribution in [0, 0.1) is 5.41 Å². The summed E-state index contributed by atoms with van der Waals surface area (Å²) in [5.41, 5.74) is 7.36. The van der Waals surface area contributed by atoms with E-state index in [-0.39, 0.29) is 12.0 Å². The van der Waals surface area contributed by atoms with Gasteiger partial charge in [0.1, 0.15) is 0 Å². The number of hydrogen-bond donors (Lipinski definition) is 1. The lowest BCUT2D eigenvalue weighted by Gasteiger charge is -2.51. The van der Waals surface area contributed by atoms with Crippen LogP contribution in [0.5, 0.6) is 0 Å². The maximum absolute atomic E-state index is 12.4. The first-order valence-corrected chi connectivity index (χ1v) is 11.4. The Balaban J connectivity index is 1.27. The van der Waals surface area contributed by atoms with Crippen molar-refractivity contribution in [3.05, 3.63) is 11.6 Å². The normalized spacial score (nSPS) is 32.4. The SMILES string of the molecule is CCOC(=O)N1CCC2(CC(N3CC=C([C@@H]4CCCN4C(=O)CCN)CC3)C2)C1. The molecule has 4 rings (SSSR count). The molecule has 2 N–H and O–H groups in total. The first kappa shape index (κ1) is 20.7. The van der Waals surface area contributed by atoms with Gasteiger partial charge in [0.2, 0.25) is 5.91 Å². The Morgan fingerprint density at radius 1 is 1.28 bits per heavy atom. The molecule has 1 saturated carbocycles. The molecule has 0 unspecified atom stereocenters. The summed E-state index contributed by atoms with van der Waals surface area (Å²) in [7, 11) is 0. The lowest BCUT2D eigenvalue weighted by Crippen LogP contribution is -2.53. The maximum Gasteiger partial charge on any atom is 0.409 e. The fourth-order valence-corrected chi connectivity index (χ4v) is 5.89. The second-order valence-electron chi connectivity index (χ2n) is 9.24. The highest BCUT2D eigenvalue weighted by atomic mass is 16.6. The molecule has 1 atom stereocenters. The molecule has 0 aromatic rings. The lowest BCUT2D eigenvalue weighted by atomic mass is 9.64. The third-order valence-corrected chi connectivity index (χ3v) is 7.45. The van der Waals surface area contributed by atoms with E-state index in [1.165, 1.54) is 18.4 Å². The molecule has 7 heteroatoms. The Morgan fingerprint density at radius 3 is 2.79 bits per heavy atom. The van der Waals surface area contributed by atoms with Gasteiger partial charge in [0.25, 0.3) is 0 Å². The van der Waals surface area contributed by atoms with Crippen molar-refractivity contribution >= 4 is 12.0 Å². The largest absolute Gasteiger partial charge is 0.450 e. The zero-order valence-electron chi connectivity index (χ0n) is 17.8. The Morgan fingerprint density at radius 2 is 2.10 bits per heavy atom.